The topological polar surface area (TPSA) is 86.5 Å². The van der Waals surface area contributed by atoms with E-state index in [0.717, 1.165) is 0 Å². The summed E-state index contributed by atoms with van der Waals surface area (Å²) in [5.41, 5.74) is 3.46. The van der Waals surface area contributed by atoms with E-state index in [2.05, 4.69) is 4.74 Å². The van der Waals surface area contributed by atoms with Gasteiger partial charge in [0.2, 0.25) is 15.3 Å². The molecule has 82 valence electrons. The molecule has 0 aliphatic heterocycles. The van der Waals surface area contributed by atoms with Crippen LogP contribution in [0.25, 0.3) is 0 Å². The van der Waals surface area contributed by atoms with Gasteiger partial charge in [0.05, 0.1) is 4.90 Å². The molecule has 0 saturated carbocycles. The molecule has 1 amide bonds. The number of hydrogen-bond acceptors (Lipinski definition) is 4. The van der Waals surface area contributed by atoms with Gasteiger partial charge in [-0.25, -0.2) is 13.2 Å². The third-order valence-corrected chi connectivity index (χ3v) is 3.69. The Morgan fingerprint density at radius 3 is 2.33 bits per heavy atom. The van der Waals surface area contributed by atoms with Gasteiger partial charge in [0.25, 0.3) is 0 Å². The molecule has 0 radical (unpaired) electrons. The number of nitrogens with two attached hydrogens (primary N) is 1. The number of amides is 1. The van der Waals surface area contributed by atoms with Crippen molar-refractivity contribution >= 4 is 15.9 Å². The summed E-state index contributed by atoms with van der Waals surface area (Å²) in [4.78, 5) is 10.5. The molecule has 0 saturated heterocycles. The Balaban J connectivity index is 2.99. The lowest BCUT2D eigenvalue weighted by Gasteiger charge is -2.12. The van der Waals surface area contributed by atoms with Gasteiger partial charge < -0.3 is 10.5 Å². The van der Waals surface area contributed by atoms with E-state index in [0.29, 0.717) is 0 Å². The van der Waals surface area contributed by atoms with E-state index in [9.17, 15) is 13.2 Å². The number of sulfone groups is 1. The van der Waals surface area contributed by atoms with Crippen LogP contribution in [0.3, 0.4) is 0 Å². The molecule has 1 rings (SSSR count). The van der Waals surface area contributed by atoms with Crippen molar-refractivity contribution in [2.45, 2.75) is 17.3 Å². The van der Waals surface area contributed by atoms with E-state index in [4.69, 9.17) is 5.73 Å². The van der Waals surface area contributed by atoms with Gasteiger partial charge in [-0.3, -0.25) is 0 Å². The SMILES string of the molecule is CC(OC(N)=O)S(=O)(=O)c1ccccc1. The molecule has 6 heteroatoms. The fraction of sp³-hybridized carbons (Fsp3) is 0.222. The van der Waals surface area contributed by atoms with Crippen molar-refractivity contribution in [1.82, 2.24) is 0 Å². The Labute approximate surface area is 87.8 Å². The summed E-state index contributed by atoms with van der Waals surface area (Å²) in [5.74, 6) is 0. The van der Waals surface area contributed by atoms with Crippen molar-refractivity contribution in [3.63, 3.8) is 0 Å². The van der Waals surface area contributed by atoms with Crippen LogP contribution in [-0.2, 0) is 14.6 Å². The monoisotopic (exact) mass is 229 g/mol. The molecule has 5 nitrogen and oxygen atoms in total. The van der Waals surface area contributed by atoms with Gasteiger partial charge in [-0.05, 0) is 19.1 Å². The van der Waals surface area contributed by atoms with Crippen molar-refractivity contribution in [1.29, 1.82) is 0 Å². The third kappa shape index (κ3) is 2.69. The van der Waals surface area contributed by atoms with Crippen LogP contribution in [0.1, 0.15) is 6.92 Å². The van der Waals surface area contributed by atoms with Crippen LogP contribution in [0.4, 0.5) is 4.79 Å². The quantitative estimate of drug-likeness (QED) is 0.834. The van der Waals surface area contributed by atoms with E-state index in [-0.39, 0.29) is 4.90 Å². The van der Waals surface area contributed by atoms with Crippen LogP contribution in [0.5, 0.6) is 0 Å². The number of ether oxygens (including phenoxy) is 1. The maximum absolute atomic E-state index is 11.7. The van der Waals surface area contributed by atoms with Gasteiger partial charge in [0.1, 0.15) is 0 Å². The van der Waals surface area contributed by atoms with Gasteiger partial charge in [-0.2, -0.15) is 0 Å². The van der Waals surface area contributed by atoms with Crippen molar-refractivity contribution in [3.05, 3.63) is 30.3 Å². The molecule has 0 spiro atoms. The molecule has 0 aliphatic carbocycles. The van der Waals surface area contributed by atoms with E-state index >= 15 is 0 Å². The first-order chi connectivity index (χ1) is 6.94. The summed E-state index contributed by atoms with van der Waals surface area (Å²) in [7, 11) is -3.66. The number of primary amides is 1. The summed E-state index contributed by atoms with van der Waals surface area (Å²) in [6.45, 7) is 1.26. The Bertz CT molecular complexity index is 440. The average molecular weight is 229 g/mol. The summed E-state index contributed by atoms with van der Waals surface area (Å²) < 4.78 is 27.9. The lowest BCUT2D eigenvalue weighted by Crippen LogP contribution is -2.27. The smallest absolute Gasteiger partial charge is 0.405 e. The zero-order valence-corrected chi connectivity index (χ0v) is 8.90. The second-order valence-electron chi connectivity index (χ2n) is 2.86. The minimum atomic E-state index is -3.66. The number of benzene rings is 1. The fourth-order valence-corrected chi connectivity index (χ4v) is 2.17. The van der Waals surface area contributed by atoms with Crippen molar-refractivity contribution in [2.24, 2.45) is 5.73 Å². The first-order valence-electron chi connectivity index (χ1n) is 4.19. The molecular formula is C9H11NO4S. The molecule has 0 fully saturated rings. The van der Waals surface area contributed by atoms with Crippen LogP contribution in [-0.4, -0.2) is 19.9 Å². The van der Waals surface area contributed by atoms with Gasteiger partial charge in [0.15, 0.2) is 0 Å². The lowest BCUT2D eigenvalue weighted by atomic mass is 10.4. The number of rotatable bonds is 3. The van der Waals surface area contributed by atoms with Gasteiger partial charge in [0, 0.05) is 0 Å². The summed E-state index contributed by atoms with van der Waals surface area (Å²) in [6.07, 6.45) is -1.11. The highest BCUT2D eigenvalue weighted by molar-refractivity contribution is 7.91. The molecule has 0 bridgehead atoms. The Morgan fingerprint density at radius 1 is 1.33 bits per heavy atom. The molecule has 2 N–H and O–H groups in total. The summed E-state index contributed by atoms with van der Waals surface area (Å²) in [6, 6.07) is 7.72. The van der Waals surface area contributed by atoms with Gasteiger partial charge >= 0.3 is 6.09 Å². The number of hydrogen-bond donors (Lipinski definition) is 1. The fourth-order valence-electron chi connectivity index (χ4n) is 1.03. The predicted molar refractivity (Wildman–Crippen MR) is 53.8 cm³/mol. The largest absolute Gasteiger partial charge is 0.430 e. The van der Waals surface area contributed by atoms with E-state index in [1.54, 1.807) is 18.2 Å². The highest BCUT2D eigenvalue weighted by Gasteiger charge is 2.25. The normalized spacial score (nSPS) is 13.1. The second kappa shape index (κ2) is 4.31. The second-order valence-corrected chi connectivity index (χ2v) is 5.09. The Hall–Kier alpha value is -1.56. The van der Waals surface area contributed by atoms with Crippen molar-refractivity contribution in [2.75, 3.05) is 0 Å². The first kappa shape index (κ1) is 11.5. The lowest BCUT2D eigenvalue weighted by molar-refractivity contribution is 0.147. The highest BCUT2D eigenvalue weighted by Crippen LogP contribution is 2.15. The van der Waals surface area contributed by atoms with E-state index in [1.165, 1.54) is 19.1 Å². The van der Waals surface area contributed by atoms with Crippen LogP contribution >= 0.6 is 0 Å². The summed E-state index contributed by atoms with van der Waals surface area (Å²) >= 11 is 0. The minimum Gasteiger partial charge on any atom is -0.430 e. The molecule has 1 aromatic rings. The molecule has 1 unspecified atom stereocenters. The van der Waals surface area contributed by atoms with Crippen LogP contribution in [0, 0.1) is 0 Å². The van der Waals surface area contributed by atoms with Crippen LogP contribution in [0.2, 0.25) is 0 Å². The maximum Gasteiger partial charge on any atom is 0.405 e. The van der Waals surface area contributed by atoms with Gasteiger partial charge in [-0.1, -0.05) is 18.2 Å². The molecule has 1 atom stereocenters. The van der Waals surface area contributed by atoms with Crippen LogP contribution < -0.4 is 5.73 Å². The highest BCUT2D eigenvalue weighted by atomic mass is 32.2. The van der Waals surface area contributed by atoms with Crippen molar-refractivity contribution < 1.29 is 17.9 Å². The van der Waals surface area contributed by atoms with E-state index < -0.39 is 21.4 Å². The standard InChI is InChI=1S/C9H11NO4S/c1-7(14-9(10)11)15(12,13)8-5-3-2-4-6-8/h2-7H,1H3,(H2,10,11). The molecule has 0 aromatic heterocycles. The predicted octanol–water partition coefficient (Wildman–Crippen LogP) is 0.902. The van der Waals surface area contributed by atoms with Crippen LogP contribution in [0.15, 0.2) is 35.2 Å². The zero-order valence-electron chi connectivity index (χ0n) is 8.08. The maximum atomic E-state index is 11.7. The van der Waals surface area contributed by atoms with E-state index in [1.807, 2.05) is 0 Å². The average Bonchev–Trinajstić information content (AvgIpc) is 2.18. The molecule has 0 heterocycles. The summed E-state index contributed by atoms with van der Waals surface area (Å²) in [5, 5.41) is 0. The number of carbonyl (C=O) groups excluding carboxylic acids is 1. The molecular weight excluding hydrogens is 218 g/mol. The van der Waals surface area contributed by atoms with Crippen molar-refractivity contribution in [3.8, 4) is 0 Å². The minimum absolute atomic E-state index is 0.0961. The Kier molecular flexibility index (Phi) is 3.31. The molecule has 0 aliphatic rings. The number of carbonyl (C=O) groups is 1. The Morgan fingerprint density at radius 2 is 1.87 bits per heavy atom. The molecule has 15 heavy (non-hydrogen) atoms. The molecule has 1 aromatic carbocycles. The van der Waals surface area contributed by atoms with Gasteiger partial charge in [-0.15, -0.1) is 0 Å². The zero-order chi connectivity index (χ0) is 11.5. The third-order valence-electron chi connectivity index (χ3n) is 1.79. The first-order valence-corrected chi connectivity index (χ1v) is 5.74.